The summed E-state index contributed by atoms with van der Waals surface area (Å²) in [6.07, 6.45) is 0. The molecule has 0 aliphatic carbocycles. The molecule has 0 aliphatic heterocycles. The molecule has 3 aromatic carbocycles. The zero-order valence-corrected chi connectivity index (χ0v) is 16.7. The van der Waals surface area contributed by atoms with Crippen LogP contribution in [0.1, 0.15) is 21.3 Å². The quantitative estimate of drug-likeness (QED) is 0.395. The predicted molar refractivity (Wildman–Crippen MR) is 118 cm³/mol. The number of Topliss-reactive ketones (excluding diaryl/α,β-unsaturated/α-hetero) is 1. The number of carbonyl (C=O) groups excluding carboxylic acids is 1. The van der Waals surface area contributed by atoms with Gasteiger partial charge in [0.2, 0.25) is 5.78 Å². The average molecular weight is 401 g/mol. The maximum absolute atomic E-state index is 13.6. The highest BCUT2D eigenvalue weighted by atomic mass is 32.1. The van der Waals surface area contributed by atoms with Crippen LogP contribution < -0.4 is 10.1 Å². The first-order valence-electron chi connectivity index (χ1n) is 9.25. The van der Waals surface area contributed by atoms with Crippen LogP contribution in [0.25, 0.3) is 11.3 Å². The highest BCUT2D eigenvalue weighted by Crippen LogP contribution is 2.32. The van der Waals surface area contributed by atoms with Crippen molar-refractivity contribution in [1.29, 1.82) is 0 Å². The number of methoxy groups -OCH3 is 1. The van der Waals surface area contributed by atoms with E-state index in [-0.39, 0.29) is 5.78 Å². The molecule has 29 heavy (non-hydrogen) atoms. The Morgan fingerprint density at radius 1 is 0.966 bits per heavy atom. The number of nitrogens with zero attached hydrogens (tertiary/aromatic N) is 1. The zero-order chi connectivity index (χ0) is 20.1. The monoisotopic (exact) mass is 400 g/mol. The molecular formula is C24H20N2O2S. The number of nitrogens with one attached hydrogen (secondary N) is 1. The number of hydrogen-bond acceptors (Lipinski definition) is 5. The lowest BCUT2D eigenvalue weighted by molar-refractivity contribution is 0.0974. The highest BCUT2D eigenvalue weighted by Gasteiger charge is 2.26. The maximum atomic E-state index is 13.6. The Kier molecular flexibility index (Phi) is 5.68. The fourth-order valence-corrected chi connectivity index (χ4v) is 3.96. The zero-order valence-electron chi connectivity index (χ0n) is 15.9. The van der Waals surface area contributed by atoms with E-state index < -0.39 is 6.04 Å². The molecule has 0 saturated carbocycles. The van der Waals surface area contributed by atoms with Crippen molar-refractivity contribution in [2.45, 2.75) is 6.04 Å². The summed E-state index contributed by atoms with van der Waals surface area (Å²) in [5.74, 6) is 0.720. The molecule has 0 fully saturated rings. The number of anilines is 1. The van der Waals surface area contributed by atoms with Gasteiger partial charge in [0.05, 0.1) is 18.3 Å². The standard InChI is InChI=1S/C24H20N2O2S/c1-28-20-14-8-13-19(15-20)26-21(17-9-4-2-5-10-17)23(27)24-22(25-16-29-24)18-11-6-3-7-12-18/h2-16,21,26H,1H3. The minimum absolute atomic E-state index is 0.0135. The topological polar surface area (TPSA) is 51.2 Å². The first-order chi connectivity index (χ1) is 14.3. The third kappa shape index (κ3) is 4.20. The Morgan fingerprint density at radius 3 is 2.41 bits per heavy atom. The Balaban J connectivity index is 1.72. The summed E-state index contributed by atoms with van der Waals surface area (Å²) in [4.78, 5) is 18.7. The van der Waals surface area contributed by atoms with Gasteiger partial charge in [-0.3, -0.25) is 4.79 Å². The molecule has 1 aromatic heterocycles. The highest BCUT2D eigenvalue weighted by molar-refractivity contribution is 7.12. The van der Waals surface area contributed by atoms with Gasteiger partial charge in [-0.25, -0.2) is 4.98 Å². The van der Waals surface area contributed by atoms with Crippen LogP contribution in [-0.2, 0) is 0 Å². The molecular weight excluding hydrogens is 380 g/mol. The molecule has 4 rings (SSSR count). The van der Waals surface area contributed by atoms with E-state index in [0.717, 1.165) is 22.6 Å². The molecule has 4 nitrogen and oxygen atoms in total. The largest absolute Gasteiger partial charge is 0.497 e. The Bertz CT molecular complexity index is 1090. The lowest BCUT2D eigenvalue weighted by Crippen LogP contribution is -2.21. The second kappa shape index (κ2) is 8.71. The number of aromatic nitrogens is 1. The predicted octanol–water partition coefficient (Wildman–Crippen LogP) is 5.85. The Hall–Kier alpha value is -3.44. The summed E-state index contributed by atoms with van der Waals surface area (Å²) in [5, 5.41) is 3.39. The third-order valence-corrected chi connectivity index (χ3v) is 5.46. The molecule has 0 aliphatic rings. The second-order valence-electron chi connectivity index (χ2n) is 6.48. The van der Waals surface area contributed by atoms with Crippen LogP contribution in [0.15, 0.2) is 90.4 Å². The van der Waals surface area contributed by atoms with Gasteiger partial charge in [-0.05, 0) is 17.7 Å². The first kappa shape index (κ1) is 18.9. The molecule has 1 unspecified atom stereocenters. The first-order valence-corrected chi connectivity index (χ1v) is 10.1. The van der Waals surface area contributed by atoms with E-state index in [1.807, 2.05) is 84.9 Å². The SMILES string of the molecule is COc1cccc(NC(C(=O)c2scnc2-c2ccccc2)c2ccccc2)c1. The molecule has 1 heterocycles. The summed E-state index contributed by atoms with van der Waals surface area (Å²) in [5.41, 5.74) is 5.09. The number of carbonyl (C=O) groups is 1. The number of benzene rings is 3. The average Bonchev–Trinajstić information content (AvgIpc) is 3.28. The van der Waals surface area contributed by atoms with Gasteiger partial charge < -0.3 is 10.1 Å². The van der Waals surface area contributed by atoms with Crippen molar-refractivity contribution in [3.8, 4) is 17.0 Å². The van der Waals surface area contributed by atoms with Gasteiger partial charge in [-0.15, -0.1) is 11.3 Å². The molecule has 0 saturated heterocycles. The minimum Gasteiger partial charge on any atom is -0.497 e. The molecule has 5 heteroatoms. The van der Waals surface area contributed by atoms with Crippen molar-refractivity contribution in [2.24, 2.45) is 0 Å². The van der Waals surface area contributed by atoms with Gasteiger partial charge in [0.15, 0.2) is 0 Å². The van der Waals surface area contributed by atoms with Crippen molar-refractivity contribution in [1.82, 2.24) is 4.98 Å². The van der Waals surface area contributed by atoms with E-state index in [1.54, 1.807) is 12.6 Å². The van der Waals surface area contributed by atoms with Gasteiger partial charge >= 0.3 is 0 Å². The molecule has 0 amide bonds. The lowest BCUT2D eigenvalue weighted by Gasteiger charge is -2.19. The molecule has 1 N–H and O–H groups in total. The van der Waals surface area contributed by atoms with Crippen LogP contribution >= 0.6 is 11.3 Å². The van der Waals surface area contributed by atoms with E-state index in [1.165, 1.54) is 11.3 Å². The van der Waals surface area contributed by atoms with E-state index in [2.05, 4.69) is 10.3 Å². The number of thiazole rings is 1. The molecule has 0 radical (unpaired) electrons. The smallest absolute Gasteiger partial charge is 0.201 e. The van der Waals surface area contributed by atoms with E-state index in [9.17, 15) is 4.79 Å². The number of rotatable bonds is 7. The van der Waals surface area contributed by atoms with Gasteiger partial charge in [0, 0.05) is 17.3 Å². The maximum Gasteiger partial charge on any atom is 0.201 e. The fraction of sp³-hybridized carbons (Fsp3) is 0.0833. The molecule has 1 atom stereocenters. The normalized spacial score (nSPS) is 11.6. The van der Waals surface area contributed by atoms with Gasteiger partial charge in [0.1, 0.15) is 16.7 Å². The molecule has 0 spiro atoms. The Morgan fingerprint density at radius 2 is 1.69 bits per heavy atom. The second-order valence-corrected chi connectivity index (χ2v) is 7.34. The van der Waals surface area contributed by atoms with Crippen LogP contribution in [0.5, 0.6) is 5.75 Å². The van der Waals surface area contributed by atoms with E-state index >= 15 is 0 Å². The van der Waals surface area contributed by atoms with Crippen LogP contribution in [0, 0.1) is 0 Å². The summed E-state index contributed by atoms with van der Waals surface area (Å²) in [6, 6.07) is 26.6. The number of hydrogen-bond donors (Lipinski definition) is 1. The van der Waals surface area contributed by atoms with Gasteiger partial charge in [-0.1, -0.05) is 66.7 Å². The third-order valence-electron chi connectivity index (χ3n) is 4.61. The van der Waals surface area contributed by atoms with E-state index in [4.69, 9.17) is 4.74 Å². The molecule has 144 valence electrons. The lowest BCUT2D eigenvalue weighted by atomic mass is 9.99. The van der Waals surface area contributed by atoms with Crippen LogP contribution in [0.2, 0.25) is 0 Å². The van der Waals surface area contributed by atoms with Crippen molar-refractivity contribution < 1.29 is 9.53 Å². The molecule has 0 bridgehead atoms. The van der Waals surface area contributed by atoms with Gasteiger partial charge in [-0.2, -0.15) is 0 Å². The fourth-order valence-electron chi connectivity index (χ4n) is 3.18. The summed E-state index contributed by atoms with van der Waals surface area (Å²) in [6.45, 7) is 0. The van der Waals surface area contributed by atoms with Crippen molar-refractivity contribution in [3.63, 3.8) is 0 Å². The van der Waals surface area contributed by atoms with Crippen LogP contribution in [0.4, 0.5) is 5.69 Å². The van der Waals surface area contributed by atoms with Crippen LogP contribution in [-0.4, -0.2) is 17.9 Å². The number of ketones is 1. The molecule has 4 aromatic rings. The Labute approximate surface area is 173 Å². The van der Waals surface area contributed by atoms with E-state index in [0.29, 0.717) is 10.6 Å². The minimum atomic E-state index is -0.536. The van der Waals surface area contributed by atoms with Crippen molar-refractivity contribution in [2.75, 3.05) is 12.4 Å². The van der Waals surface area contributed by atoms with Crippen molar-refractivity contribution >= 4 is 22.8 Å². The summed E-state index contributed by atoms with van der Waals surface area (Å²) >= 11 is 1.37. The van der Waals surface area contributed by atoms with Gasteiger partial charge in [0.25, 0.3) is 0 Å². The summed E-state index contributed by atoms with van der Waals surface area (Å²) in [7, 11) is 1.63. The van der Waals surface area contributed by atoms with Crippen LogP contribution in [0.3, 0.4) is 0 Å². The summed E-state index contributed by atoms with van der Waals surface area (Å²) < 4.78 is 5.32. The van der Waals surface area contributed by atoms with Crippen molar-refractivity contribution in [3.05, 3.63) is 101 Å². The number of ether oxygens (including phenoxy) is 1.